The van der Waals surface area contributed by atoms with Gasteiger partial charge in [0.15, 0.2) is 0 Å². The highest BCUT2D eigenvalue weighted by atomic mass is 16.5. The Hall–Kier alpha value is -0.530. The minimum atomic E-state index is 0.103. The van der Waals surface area contributed by atoms with Gasteiger partial charge in [-0.2, -0.15) is 0 Å². The van der Waals surface area contributed by atoms with Crippen molar-refractivity contribution in [2.45, 2.75) is 207 Å². The van der Waals surface area contributed by atoms with Crippen LogP contribution in [0.5, 0.6) is 0 Å². The molecule has 0 rings (SSSR count). The molecule has 38 heavy (non-hydrogen) atoms. The number of rotatable bonds is 31. The van der Waals surface area contributed by atoms with E-state index >= 15 is 0 Å². The highest BCUT2D eigenvalue weighted by molar-refractivity contribution is 5.72. The molecule has 0 aromatic rings. The van der Waals surface area contributed by atoms with Gasteiger partial charge in [0.25, 0.3) is 0 Å². The number of hydrogen-bond donors (Lipinski definition) is 0. The summed E-state index contributed by atoms with van der Waals surface area (Å²) in [7, 11) is 0. The molecule has 2 heteroatoms. The summed E-state index contributed by atoms with van der Waals surface area (Å²) >= 11 is 0. The number of carbonyl (C=O) groups is 1. The Morgan fingerprint density at radius 2 is 0.763 bits per heavy atom. The molecule has 0 bridgehead atoms. The van der Waals surface area contributed by atoms with E-state index in [1.54, 1.807) is 0 Å². The van der Waals surface area contributed by atoms with Crippen LogP contribution in [0.25, 0.3) is 0 Å². The Kier molecular flexibility index (Phi) is 30.6. The largest absolute Gasteiger partial charge is 0.465 e. The summed E-state index contributed by atoms with van der Waals surface area (Å²) < 4.78 is 5.77. The summed E-state index contributed by atoms with van der Waals surface area (Å²) in [5.74, 6) is 1.12. The molecule has 0 fully saturated rings. The lowest BCUT2D eigenvalue weighted by atomic mass is 9.94. The highest BCUT2D eigenvalue weighted by Crippen LogP contribution is 2.21. The SMILES string of the molecule is CCCCCCCCCC(CCCCCCC)C(=O)OCCCCCCCCCCCCCCCC(C)C. The molecule has 0 spiro atoms. The van der Waals surface area contributed by atoms with Gasteiger partial charge in [-0.05, 0) is 25.2 Å². The molecule has 0 aliphatic rings. The van der Waals surface area contributed by atoms with Crippen molar-refractivity contribution in [2.24, 2.45) is 11.8 Å². The summed E-state index contributed by atoms with van der Waals surface area (Å²) in [6, 6.07) is 0. The average Bonchev–Trinajstić information content (AvgIpc) is 2.90. The Labute approximate surface area is 241 Å². The fraction of sp³-hybridized carbons (Fsp3) is 0.972. The first-order valence-corrected chi connectivity index (χ1v) is 17.8. The van der Waals surface area contributed by atoms with Gasteiger partial charge in [-0.3, -0.25) is 4.79 Å². The topological polar surface area (TPSA) is 26.3 Å². The number of carbonyl (C=O) groups excluding carboxylic acids is 1. The number of ether oxygens (including phenoxy) is 1. The molecule has 1 atom stereocenters. The summed E-state index contributed by atoms with van der Waals surface area (Å²) in [5, 5.41) is 0. The zero-order valence-electron chi connectivity index (χ0n) is 27.0. The number of unbranched alkanes of at least 4 members (excludes halogenated alkanes) is 22. The van der Waals surface area contributed by atoms with Crippen LogP contribution in [0.2, 0.25) is 0 Å². The van der Waals surface area contributed by atoms with Crippen LogP contribution < -0.4 is 0 Å². The van der Waals surface area contributed by atoms with Gasteiger partial charge in [-0.25, -0.2) is 0 Å². The second-order valence-corrected chi connectivity index (χ2v) is 12.8. The van der Waals surface area contributed by atoms with Crippen LogP contribution in [0.3, 0.4) is 0 Å². The summed E-state index contributed by atoms with van der Waals surface area (Å²) in [6.07, 6.45) is 36.8. The number of esters is 1. The van der Waals surface area contributed by atoms with E-state index in [0.29, 0.717) is 6.61 Å². The molecule has 0 amide bonds. The summed E-state index contributed by atoms with van der Waals surface area (Å²) in [6.45, 7) is 9.84. The van der Waals surface area contributed by atoms with Gasteiger partial charge in [0, 0.05) is 0 Å². The third kappa shape index (κ3) is 28.5. The van der Waals surface area contributed by atoms with E-state index in [1.165, 1.54) is 161 Å². The molecule has 0 saturated heterocycles. The van der Waals surface area contributed by atoms with Crippen LogP contribution in [-0.4, -0.2) is 12.6 Å². The van der Waals surface area contributed by atoms with Crippen LogP contribution in [0, 0.1) is 11.8 Å². The molecule has 0 aromatic carbocycles. The minimum Gasteiger partial charge on any atom is -0.465 e. The fourth-order valence-electron chi connectivity index (χ4n) is 5.61. The lowest BCUT2D eigenvalue weighted by Gasteiger charge is -2.16. The van der Waals surface area contributed by atoms with Crippen molar-refractivity contribution in [3.05, 3.63) is 0 Å². The zero-order valence-corrected chi connectivity index (χ0v) is 27.0. The average molecular weight is 537 g/mol. The Bertz CT molecular complexity index is 458. The van der Waals surface area contributed by atoms with E-state index in [0.717, 1.165) is 25.2 Å². The van der Waals surface area contributed by atoms with Crippen molar-refractivity contribution < 1.29 is 9.53 Å². The molecule has 0 heterocycles. The monoisotopic (exact) mass is 537 g/mol. The fourth-order valence-corrected chi connectivity index (χ4v) is 5.61. The molecule has 0 N–H and O–H groups in total. The van der Waals surface area contributed by atoms with Gasteiger partial charge in [-0.15, -0.1) is 0 Å². The lowest BCUT2D eigenvalue weighted by molar-refractivity contribution is -0.149. The standard InChI is InChI=1S/C36H72O2/c1-5-7-9-11-19-24-28-32-35(31-27-22-10-8-6-2)36(37)38-33-29-25-21-18-16-14-12-13-15-17-20-23-26-30-34(3)4/h34-35H,5-33H2,1-4H3. The van der Waals surface area contributed by atoms with Gasteiger partial charge < -0.3 is 4.74 Å². The van der Waals surface area contributed by atoms with E-state index in [2.05, 4.69) is 27.7 Å². The van der Waals surface area contributed by atoms with E-state index in [1.807, 2.05) is 0 Å². The predicted octanol–water partition coefficient (Wildman–Crippen LogP) is 12.8. The van der Waals surface area contributed by atoms with Crippen molar-refractivity contribution in [3.8, 4) is 0 Å². The molecule has 0 aliphatic heterocycles. The molecule has 0 aliphatic carbocycles. The first-order chi connectivity index (χ1) is 18.6. The van der Waals surface area contributed by atoms with Gasteiger partial charge in [-0.1, -0.05) is 188 Å². The smallest absolute Gasteiger partial charge is 0.308 e. The zero-order chi connectivity index (χ0) is 27.9. The Morgan fingerprint density at radius 1 is 0.447 bits per heavy atom. The molecule has 2 nitrogen and oxygen atoms in total. The Balaban J connectivity index is 3.75. The molecule has 0 saturated carbocycles. The first kappa shape index (κ1) is 37.5. The molecular formula is C36H72O2. The third-order valence-corrected chi connectivity index (χ3v) is 8.32. The highest BCUT2D eigenvalue weighted by Gasteiger charge is 2.19. The van der Waals surface area contributed by atoms with Gasteiger partial charge in [0.1, 0.15) is 0 Å². The molecule has 1 unspecified atom stereocenters. The van der Waals surface area contributed by atoms with Crippen molar-refractivity contribution in [1.82, 2.24) is 0 Å². The maximum atomic E-state index is 12.8. The maximum absolute atomic E-state index is 12.8. The van der Waals surface area contributed by atoms with Crippen LogP contribution in [0.4, 0.5) is 0 Å². The van der Waals surface area contributed by atoms with E-state index in [9.17, 15) is 4.79 Å². The predicted molar refractivity (Wildman–Crippen MR) is 170 cm³/mol. The van der Waals surface area contributed by atoms with Crippen LogP contribution >= 0.6 is 0 Å². The summed E-state index contributed by atoms with van der Waals surface area (Å²) in [5.41, 5.74) is 0. The van der Waals surface area contributed by atoms with Crippen LogP contribution in [-0.2, 0) is 9.53 Å². The summed E-state index contributed by atoms with van der Waals surface area (Å²) in [4.78, 5) is 12.8. The lowest BCUT2D eigenvalue weighted by Crippen LogP contribution is -2.18. The van der Waals surface area contributed by atoms with E-state index in [4.69, 9.17) is 4.74 Å². The van der Waals surface area contributed by atoms with Crippen molar-refractivity contribution in [1.29, 1.82) is 0 Å². The van der Waals surface area contributed by atoms with Crippen molar-refractivity contribution in [2.75, 3.05) is 6.61 Å². The quantitative estimate of drug-likeness (QED) is 0.0650. The molecule has 0 radical (unpaired) electrons. The minimum absolute atomic E-state index is 0.103. The van der Waals surface area contributed by atoms with Gasteiger partial charge >= 0.3 is 5.97 Å². The third-order valence-electron chi connectivity index (χ3n) is 8.32. The van der Waals surface area contributed by atoms with Crippen LogP contribution in [0.1, 0.15) is 207 Å². The number of hydrogen-bond acceptors (Lipinski definition) is 2. The second-order valence-electron chi connectivity index (χ2n) is 12.8. The van der Waals surface area contributed by atoms with Crippen molar-refractivity contribution in [3.63, 3.8) is 0 Å². The normalized spacial score (nSPS) is 12.3. The Morgan fingerprint density at radius 3 is 1.13 bits per heavy atom. The second kappa shape index (κ2) is 31.0. The van der Waals surface area contributed by atoms with E-state index < -0.39 is 0 Å². The molecule has 0 aromatic heterocycles. The van der Waals surface area contributed by atoms with Gasteiger partial charge in [0.2, 0.25) is 0 Å². The van der Waals surface area contributed by atoms with Crippen molar-refractivity contribution >= 4 is 5.97 Å². The van der Waals surface area contributed by atoms with Crippen LogP contribution in [0.15, 0.2) is 0 Å². The molecule has 228 valence electrons. The van der Waals surface area contributed by atoms with Gasteiger partial charge in [0.05, 0.1) is 12.5 Å². The van der Waals surface area contributed by atoms with E-state index in [-0.39, 0.29) is 11.9 Å². The first-order valence-electron chi connectivity index (χ1n) is 17.8. The maximum Gasteiger partial charge on any atom is 0.308 e. The molecular weight excluding hydrogens is 464 g/mol.